The number of hydrogen-bond acceptors (Lipinski definition) is 3. The molecule has 0 bridgehead atoms. The monoisotopic (exact) mass is 215 g/mol. The molecule has 0 saturated heterocycles. The van der Waals surface area contributed by atoms with E-state index in [0.717, 1.165) is 17.0 Å². The maximum atomic E-state index is 4.73. The van der Waals surface area contributed by atoms with Crippen molar-refractivity contribution in [3.8, 4) is 5.69 Å². The van der Waals surface area contributed by atoms with Crippen molar-refractivity contribution in [2.45, 2.75) is 6.92 Å². The summed E-state index contributed by atoms with van der Waals surface area (Å²) >= 11 is 0. The second-order valence-electron chi connectivity index (χ2n) is 3.38. The fourth-order valence-corrected chi connectivity index (χ4v) is 1.48. The quantitative estimate of drug-likeness (QED) is 0.582. The SMILES string of the molecule is CON=C(C)c1ccc(-n2ccnc2)cc1. The van der Waals surface area contributed by atoms with E-state index in [1.54, 1.807) is 19.6 Å². The molecule has 2 rings (SSSR count). The minimum atomic E-state index is 0.861. The van der Waals surface area contributed by atoms with Gasteiger partial charge in [0.1, 0.15) is 7.11 Å². The van der Waals surface area contributed by atoms with Crippen LogP contribution in [0.3, 0.4) is 0 Å². The van der Waals surface area contributed by atoms with E-state index in [0.29, 0.717) is 0 Å². The molecule has 1 aromatic carbocycles. The fourth-order valence-electron chi connectivity index (χ4n) is 1.48. The van der Waals surface area contributed by atoms with E-state index in [4.69, 9.17) is 4.84 Å². The standard InChI is InChI=1S/C12H13N3O/c1-10(14-16-2)11-3-5-12(6-4-11)15-8-7-13-9-15/h3-9H,1-2H3. The van der Waals surface area contributed by atoms with Crippen molar-refractivity contribution >= 4 is 5.71 Å². The average Bonchev–Trinajstić information content (AvgIpc) is 2.83. The van der Waals surface area contributed by atoms with Crippen LogP contribution in [-0.2, 0) is 4.84 Å². The third-order valence-electron chi connectivity index (χ3n) is 2.32. The van der Waals surface area contributed by atoms with E-state index in [9.17, 15) is 0 Å². The third kappa shape index (κ3) is 2.11. The molecule has 82 valence electrons. The summed E-state index contributed by atoms with van der Waals surface area (Å²) in [5, 5.41) is 3.88. The van der Waals surface area contributed by atoms with Crippen LogP contribution in [0.25, 0.3) is 5.69 Å². The maximum Gasteiger partial charge on any atom is 0.106 e. The zero-order valence-electron chi connectivity index (χ0n) is 9.29. The Morgan fingerprint density at radius 3 is 2.62 bits per heavy atom. The molecule has 4 nitrogen and oxygen atoms in total. The highest BCUT2D eigenvalue weighted by molar-refractivity contribution is 5.98. The summed E-state index contributed by atoms with van der Waals surface area (Å²) in [5.41, 5.74) is 2.98. The summed E-state index contributed by atoms with van der Waals surface area (Å²) in [5.74, 6) is 0. The summed E-state index contributed by atoms with van der Waals surface area (Å²) in [6.45, 7) is 1.91. The first-order valence-electron chi connectivity index (χ1n) is 4.98. The van der Waals surface area contributed by atoms with E-state index < -0.39 is 0 Å². The lowest BCUT2D eigenvalue weighted by molar-refractivity contribution is 0.213. The van der Waals surface area contributed by atoms with E-state index >= 15 is 0 Å². The highest BCUT2D eigenvalue weighted by atomic mass is 16.6. The number of benzene rings is 1. The molecule has 0 amide bonds. The summed E-state index contributed by atoms with van der Waals surface area (Å²) in [6, 6.07) is 8.05. The first-order chi connectivity index (χ1) is 7.81. The van der Waals surface area contributed by atoms with Crippen LogP contribution >= 0.6 is 0 Å². The molecule has 0 radical (unpaired) electrons. The molecule has 1 aromatic heterocycles. The first kappa shape index (κ1) is 10.4. The molecule has 0 saturated carbocycles. The predicted molar refractivity (Wildman–Crippen MR) is 62.8 cm³/mol. The van der Waals surface area contributed by atoms with Gasteiger partial charge >= 0.3 is 0 Å². The molecule has 2 aromatic rings. The Balaban J connectivity index is 2.26. The van der Waals surface area contributed by atoms with Crippen molar-refractivity contribution in [2.24, 2.45) is 5.16 Å². The van der Waals surface area contributed by atoms with E-state index in [-0.39, 0.29) is 0 Å². The lowest BCUT2D eigenvalue weighted by Crippen LogP contribution is -1.96. The van der Waals surface area contributed by atoms with E-state index in [1.807, 2.05) is 42.0 Å². The number of rotatable bonds is 3. The number of nitrogens with zero attached hydrogens (tertiary/aromatic N) is 3. The van der Waals surface area contributed by atoms with Crippen LogP contribution in [0.1, 0.15) is 12.5 Å². The second kappa shape index (κ2) is 4.61. The van der Waals surface area contributed by atoms with Crippen LogP contribution in [-0.4, -0.2) is 22.4 Å². The third-order valence-corrected chi connectivity index (χ3v) is 2.32. The lowest BCUT2D eigenvalue weighted by Gasteiger charge is -2.04. The first-order valence-corrected chi connectivity index (χ1v) is 4.98. The molecule has 0 N–H and O–H groups in total. The molecular weight excluding hydrogens is 202 g/mol. The predicted octanol–water partition coefficient (Wildman–Crippen LogP) is 2.24. The number of hydrogen-bond donors (Lipinski definition) is 0. The molecule has 16 heavy (non-hydrogen) atoms. The van der Waals surface area contributed by atoms with Gasteiger partial charge in [-0.25, -0.2) is 4.98 Å². The Labute approximate surface area is 94.2 Å². The Hall–Kier alpha value is -2.10. The van der Waals surface area contributed by atoms with Gasteiger partial charge in [0.15, 0.2) is 0 Å². The van der Waals surface area contributed by atoms with Crippen LogP contribution in [0.4, 0.5) is 0 Å². The van der Waals surface area contributed by atoms with Gasteiger partial charge in [-0.1, -0.05) is 17.3 Å². The van der Waals surface area contributed by atoms with Gasteiger partial charge in [0.25, 0.3) is 0 Å². The number of imidazole rings is 1. The molecule has 0 atom stereocenters. The maximum absolute atomic E-state index is 4.73. The van der Waals surface area contributed by atoms with Gasteiger partial charge in [-0.2, -0.15) is 0 Å². The van der Waals surface area contributed by atoms with E-state index in [2.05, 4.69) is 10.1 Å². The van der Waals surface area contributed by atoms with Gasteiger partial charge in [0.05, 0.1) is 12.0 Å². The molecule has 0 aliphatic heterocycles. The fraction of sp³-hybridized carbons (Fsp3) is 0.167. The van der Waals surface area contributed by atoms with Crippen LogP contribution in [0.15, 0.2) is 48.1 Å². The second-order valence-corrected chi connectivity index (χ2v) is 3.38. The number of oxime groups is 1. The Morgan fingerprint density at radius 1 is 1.31 bits per heavy atom. The Kier molecular flexibility index (Phi) is 3.00. The highest BCUT2D eigenvalue weighted by Crippen LogP contribution is 2.10. The van der Waals surface area contributed by atoms with Crippen LogP contribution in [0, 0.1) is 0 Å². The van der Waals surface area contributed by atoms with Gasteiger partial charge in [0, 0.05) is 18.1 Å². The summed E-state index contributed by atoms with van der Waals surface area (Å²) in [6.07, 6.45) is 5.43. The van der Waals surface area contributed by atoms with Crippen molar-refractivity contribution in [3.63, 3.8) is 0 Å². The van der Waals surface area contributed by atoms with Crippen molar-refractivity contribution in [3.05, 3.63) is 48.5 Å². The van der Waals surface area contributed by atoms with E-state index in [1.165, 1.54) is 0 Å². The van der Waals surface area contributed by atoms with Crippen molar-refractivity contribution in [1.29, 1.82) is 0 Å². The molecule has 0 aliphatic rings. The van der Waals surface area contributed by atoms with Gasteiger partial charge < -0.3 is 9.40 Å². The topological polar surface area (TPSA) is 39.4 Å². The smallest absolute Gasteiger partial charge is 0.106 e. The molecule has 0 spiro atoms. The van der Waals surface area contributed by atoms with Crippen molar-refractivity contribution in [2.75, 3.05) is 7.11 Å². The van der Waals surface area contributed by atoms with Gasteiger partial charge in [0.2, 0.25) is 0 Å². The minimum Gasteiger partial charge on any atom is -0.399 e. The van der Waals surface area contributed by atoms with Crippen LogP contribution in [0.2, 0.25) is 0 Å². The number of aromatic nitrogens is 2. The Bertz CT molecular complexity index is 471. The van der Waals surface area contributed by atoms with Crippen LogP contribution < -0.4 is 0 Å². The van der Waals surface area contributed by atoms with Crippen molar-refractivity contribution < 1.29 is 4.84 Å². The van der Waals surface area contributed by atoms with Gasteiger partial charge in [-0.05, 0) is 24.6 Å². The molecule has 1 heterocycles. The normalized spacial score (nSPS) is 11.5. The lowest BCUT2D eigenvalue weighted by atomic mass is 10.1. The molecule has 0 unspecified atom stereocenters. The molecular formula is C12H13N3O. The molecule has 0 fully saturated rings. The molecule has 0 aliphatic carbocycles. The average molecular weight is 215 g/mol. The minimum absolute atomic E-state index is 0.861. The Morgan fingerprint density at radius 2 is 2.06 bits per heavy atom. The molecule has 4 heteroatoms. The largest absolute Gasteiger partial charge is 0.399 e. The summed E-state index contributed by atoms with van der Waals surface area (Å²) in [4.78, 5) is 8.74. The zero-order valence-corrected chi connectivity index (χ0v) is 9.29. The summed E-state index contributed by atoms with van der Waals surface area (Å²) < 4.78 is 1.95. The van der Waals surface area contributed by atoms with Crippen LogP contribution in [0.5, 0.6) is 0 Å². The zero-order chi connectivity index (χ0) is 11.4. The van der Waals surface area contributed by atoms with Gasteiger partial charge in [-0.15, -0.1) is 0 Å². The van der Waals surface area contributed by atoms with Crippen molar-refractivity contribution in [1.82, 2.24) is 9.55 Å². The highest BCUT2D eigenvalue weighted by Gasteiger charge is 1.99. The summed E-state index contributed by atoms with van der Waals surface area (Å²) in [7, 11) is 1.54. The van der Waals surface area contributed by atoms with Gasteiger partial charge in [-0.3, -0.25) is 0 Å².